The molecule has 0 fully saturated rings. The predicted octanol–water partition coefficient (Wildman–Crippen LogP) is 1.69. The molecule has 1 heterocycles. The summed E-state index contributed by atoms with van der Waals surface area (Å²) in [5.41, 5.74) is 1.07. The van der Waals surface area contributed by atoms with Crippen LogP contribution in [0.1, 0.15) is 12.5 Å². The number of amides is 1. The molecular formula is C16H18FN3O3S. The third kappa shape index (κ3) is 4.51. The van der Waals surface area contributed by atoms with E-state index in [1.165, 1.54) is 19.1 Å². The van der Waals surface area contributed by atoms with Crippen LogP contribution < -0.4 is 9.62 Å². The highest BCUT2D eigenvalue weighted by Gasteiger charge is 2.28. The Bertz CT molecular complexity index is 795. The van der Waals surface area contributed by atoms with E-state index in [0.29, 0.717) is 0 Å². The monoisotopic (exact) mass is 351 g/mol. The van der Waals surface area contributed by atoms with Crippen molar-refractivity contribution >= 4 is 21.6 Å². The molecule has 2 aromatic rings. The summed E-state index contributed by atoms with van der Waals surface area (Å²) in [6, 6.07) is 7.46. The number of carbonyl (C=O) groups is 1. The van der Waals surface area contributed by atoms with Crippen molar-refractivity contribution in [1.29, 1.82) is 0 Å². The molecule has 0 saturated heterocycles. The van der Waals surface area contributed by atoms with E-state index >= 15 is 0 Å². The standard InChI is InChI=1S/C16H18FN3O3S/c1-12(16(21)19-11-13-7-9-18-10-8-13)20(24(2,22)23)15-5-3-14(17)4-6-15/h3-10,12H,11H2,1-2H3,(H,19,21)/t12-/m1/s1. The van der Waals surface area contributed by atoms with Crippen LogP contribution in [0, 0.1) is 5.82 Å². The van der Waals surface area contributed by atoms with Gasteiger partial charge in [-0.25, -0.2) is 12.8 Å². The van der Waals surface area contributed by atoms with Gasteiger partial charge in [-0.3, -0.25) is 14.1 Å². The maximum absolute atomic E-state index is 13.1. The van der Waals surface area contributed by atoms with Crippen LogP contribution in [-0.2, 0) is 21.4 Å². The average Bonchev–Trinajstić information content (AvgIpc) is 2.54. The highest BCUT2D eigenvalue weighted by atomic mass is 32.2. The van der Waals surface area contributed by atoms with Gasteiger partial charge in [0.2, 0.25) is 15.9 Å². The Morgan fingerprint density at radius 3 is 2.33 bits per heavy atom. The summed E-state index contributed by atoms with van der Waals surface area (Å²) in [5, 5.41) is 2.69. The van der Waals surface area contributed by atoms with Gasteiger partial charge in [-0.15, -0.1) is 0 Å². The van der Waals surface area contributed by atoms with Crippen LogP contribution in [0.4, 0.5) is 10.1 Å². The smallest absolute Gasteiger partial charge is 0.243 e. The van der Waals surface area contributed by atoms with Crippen molar-refractivity contribution < 1.29 is 17.6 Å². The highest BCUT2D eigenvalue weighted by Crippen LogP contribution is 2.21. The van der Waals surface area contributed by atoms with Crippen LogP contribution in [0.2, 0.25) is 0 Å². The quantitative estimate of drug-likeness (QED) is 0.859. The molecule has 1 aromatic carbocycles. The Kier molecular flexibility index (Phi) is 5.50. The molecular weight excluding hydrogens is 333 g/mol. The van der Waals surface area contributed by atoms with Crippen molar-refractivity contribution in [2.75, 3.05) is 10.6 Å². The molecule has 1 N–H and O–H groups in total. The van der Waals surface area contributed by atoms with Crippen LogP contribution in [0.3, 0.4) is 0 Å². The van der Waals surface area contributed by atoms with Gasteiger partial charge in [0.1, 0.15) is 11.9 Å². The number of pyridine rings is 1. The first-order chi connectivity index (χ1) is 11.3. The van der Waals surface area contributed by atoms with Crippen molar-refractivity contribution in [3.8, 4) is 0 Å². The van der Waals surface area contributed by atoms with Gasteiger partial charge >= 0.3 is 0 Å². The Balaban J connectivity index is 2.17. The molecule has 6 nitrogen and oxygen atoms in total. The third-order valence-electron chi connectivity index (χ3n) is 3.39. The number of rotatable bonds is 6. The molecule has 0 aliphatic carbocycles. The van der Waals surface area contributed by atoms with Crippen LogP contribution in [0.5, 0.6) is 0 Å². The number of carbonyl (C=O) groups excluding carboxylic acids is 1. The van der Waals surface area contributed by atoms with Crippen molar-refractivity contribution in [3.05, 3.63) is 60.2 Å². The summed E-state index contributed by atoms with van der Waals surface area (Å²) in [7, 11) is -3.72. The molecule has 24 heavy (non-hydrogen) atoms. The first-order valence-corrected chi connectivity index (χ1v) is 9.05. The summed E-state index contributed by atoms with van der Waals surface area (Å²) in [6.45, 7) is 1.74. The Morgan fingerprint density at radius 1 is 1.21 bits per heavy atom. The molecule has 0 aliphatic heterocycles. The fourth-order valence-corrected chi connectivity index (χ4v) is 3.41. The largest absolute Gasteiger partial charge is 0.350 e. The number of benzene rings is 1. The molecule has 0 bridgehead atoms. The van der Waals surface area contributed by atoms with Gasteiger partial charge in [0.05, 0.1) is 11.9 Å². The van der Waals surface area contributed by atoms with Crippen LogP contribution >= 0.6 is 0 Å². The fourth-order valence-electron chi connectivity index (χ4n) is 2.23. The third-order valence-corrected chi connectivity index (χ3v) is 4.63. The van der Waals surface area contributed by atoms with Crippen LogP contribution in [-0.4, -0.2) is 31.6 Å². The Hall–Kier alpha value is -2.48. The lowest BCUT2D eigenvalue weighted by Gasteiger charge is -2.28. The second kappa shape index (κ2) is 7.39. The van der Waals surface area contributed by atoms with Crippen LogP contribution in [0.15, 0.2) is 48.8 Å². The highest BCUT2D eigenvalue weighted by molar-refractivity contribution is 7.92. The minimum absolute atomic E-state index is 0.227. The number of nitrogens with one attached hydrogen (secondary N) is 1. The van der Waals surface area contributed by atoms with Crippen molar-refractivity contribution in [2.24, 2.45) is 0 Å². The predicted molar refractivity (Wildman–Crippen MR) is 89.3 cm³/mol. The Morgan fingerprint density at radius 2 is 1.79 bits per heavy atom. The minimum Gasteiger partial charge on any atom is -0.350 e. The number of anilines is 1. The first kappa shape index (κ1) is 17.9. The van der Waals surface area contributed by atoms with Gasteiger partial charge in [0.25, 0.3) is 0 Å². The topological polar surface area (TPSA) is 79.4 Å². The van der Waals surface area contributed by atoms with Gasteiger partial charge in [-0.2, -0.15) is 0 Å². The van der Waals surface area contributed by atoms with E-state index in [-0.39, 0.29) is 12.2 Å². The van der Waals surface area contributed by atoms with Crippen molar-refractivity contribution in [2.45, 2.75) is 19.5 Å². The van der Waals surface area contributed by atoms with Gasteiger partial charge in [-0.05, 0) is 48.9 Å². The van der Waals surface area contributed by atoms with E-state index < -0.39 is 27.8 Å². The molecule has 0 aliphatic rings. The summed E-state index contributed by atoms with van der Waals surface area (Å²) >= 11 is 0. The molecule has 128 valence electrons. The molecule has 0 unspecified atom stereocenters. The Labute approximate surface area is 140 Å². The second-order valence-electron chi connectivity index (χ2n) is 5.28. The van der Waals surface area contributed by atoms with Crippen LogP contribution in [0.25, 0.3) is 0 Å². The zero-order valence-electron chi connectivity index (χ0n) is 13.3. The molecule has 0 radical (unpaired) electrons. The van der Waals surface area contributed by atoms with E-state index in [1.54, 1.807) is 24.5 Å². The van der Waals surface area contributed by atoms with E-state index in [4.69, 9.17) is 0 Å². The maximum atomic E-state index is 13.1. The number of sulfonamides is 1. The average molecular weight is 351 g/mol. The molecule has 1 atom stereocenters. The summed E-state index contributed by atoms with van der Waals surface area (Å²) in [4.78, 5) is 16.2. The molecule has 0 saturated carbocycles. The normalized spacial score (nSPS) is 12.5. The summed E-state index contributed by atoms with van der Waals surface area (Å²) in [6.07, 6.45) is 4.21. The van der Waals surface area contributed by atoms with Gasteiger partial charge < -0.3 is 5.32 Å². The number of aromatic nitrogens is 1. The van der Waals surface area contributed by atoms with E-state index in [1.807, 2.05) is 0 Å². The molecule has 8 heteroatoms. The summed E-state index contributed by atoms with van der Waals surface area (Å²) in [5.74, 6) is -0.941. The van der Waals surface area contributed by atoms with Gasteiger partial charge in [-0.1, -0.05) is 0 Å². The van der Waals surface area contributed by atoms with Crippen molar-refractivity contribution in [3.63, 3.8) is 0 Å². The minimum atomic E-state index is -3.72. The lowest BCUT2D eigenvalue weighted by molar-refractivity contribution is -0.122. The number of nitrogens with zero attached hydrogens (tertiary/aromatic N) is 2. The van der Waals surface area contributed by atoms with Gasteiger partial charge in [0, 0.05) is 18.9 Å². The fraction of sp³-hybridized carbons (Fsp3) is 0.250. The zero-order valence-corrected chi connectivity index (χ0v) is 14.1. The maximum Gasteiger partial charge on any atom is 0.243 e. The van der Waals surface area contributed by atoms with E-state index in [9.17, 15) is 17.6 Å². The lowest BCUT2D eigenvalue weighted by atomic mass is 10.2. The SMILES string of the molecule is C[C@H](C(=O)NCc1ccncc1)N(c1ccc(F)cc1)S(C)(=O)=O. The van der Waals surface area contributed by atoms with Gasteiger partial charge in [0.15, 0.2) is 0 Å². The van der Waals surface area contributed by atoms with E-state index in [0.717, 1.165) is 28.3 Å². The molecule has 0 spiro atoms. The number of hydrogen-bond donors (Lipinski definition) is 1. The first-order valence-electron chi connectivity index (χ1n) is 7.20. The number of halogens is 1. The summed E-state index contributed by atoms with van der Waals surface area (Å²) < 4.78 is 38.2. The second-order valence-corrected chi connectivity index (χ2v) is 7.14. The number of hydrogen-bond acceptors (Lipinski definition) is 4. The van der Waals surface area contributed by atoms with E-state index in [2.05, 4.69) is 10.3 Å². The van der Waals surface area contributed by atoms with Crippen molar-refractivity contribution in [1.82, 2.24) is 10.3 Å². The molecule has 2 rings (SSSR count). The molecule has 1 aromatic heterocycles. The lowest BCUT2D eigenvalue weighted by Crippen LogP contribution is -2.47. The zero-order chi connectivity index (χ0) is 17.7. The molecule has 1 amide bonds.